The summed E-state index contributed by atoms with van der Waals surface area (Å²) in [6.07, 6.45) is 1.60. The molecule has 2 aromatic rings. The van der Waals surface area contributed by atoms with Gasteiger partial charge in [-0.3, -0.25) is 4.79 Å². The first-order chi connectivity index (χ1) is 12.4. The normalized spacial score (nSPS) is 15.0. The monoisotopic (exact) mass is 370 g/mol. The minimum absolute atomic E-state index is 0.234. The fraction of sp³-hybridized carbons (Fsp3) is 0.400. The Kier molecular flexibility index (Phi) is 5.30. The van der Waals surface area contributed by atoms with Gasteiger partial charge in [0.05, 0.1) is 24.4 Å². The highest BCUT2D eigenvalue weighted by molar-refractivity contribution is 7.16. The maximum Gasteiger partial charge on any atom is 0.256 e. The van der Waals surface area contributed by atoms with Gasteiger partial charge in [0.25, 0.3) is 5.91 Å². The third-order valence-corrected chi connectivity index (χ3v) is 5.34. The molecule has 1 aliphatic heterocycles. The van der Waals surface area contributed by atoms with Crippen molar-refractivity contribution in [2.75, 3.05) is 11.9 Å². The number of nitrogens with zero attached hydrogens (tertiary/aromatic N) is 1. The van der Waals surface area contributed by atoms with E-state index in [9.17, 15) is 10.1 Å². The lowest BCUT2D eigenvalue weighted by atomic mass is 9.93. The Morgan fingerprint density at radius 1 is 1.38 bits per heavy atom. The summed E-state index contributed by atoms with van der Waals surface area (Å²) in [6, 6.07) is 9.27. The molecule has 3 rings (SSSR count). The van der Waals surface area contributed by atoms with Crippen LogP contribution in [0.25, 0.3) is 0 Å². The molecule has 6 heteroatoms. The van der Waals surface area contributed by atoms with Gasteiger partial charge >= 0.3 is 0 Å². The number of fused-ring (bicyclic) bond motifs is 1. The van der Waals surface area contributed by atoms with Gasteiger partial charge in [0.1, 0.15) is 16.8 Å². The van der Waals surface area contributed by atoms with E-state index in [0.29, 0.717) is 35.8 Å². The van der Waals surface area contributed by atoms with E-state index >= 15 is 0 Å². The zero-order chi connectivity index (χ0) is 18.7. The molecule has 0 bridgehead atoms. The predicted octanol–water partition coefficient (Wildman–Crippen LogP) is 4.51. The fourth-order valence-corrected chi connectivity index (χ4v) is 3.93. The number of anilines is 1. The molecule has 0 spiro atoms. The number of nitriles is 1. The third-order valence-electron chi connectivity index (χ3n) is 4.22. The van der Waals surface area contributed by atoms with Crippen molar-refractivity contribution >= 4 is 22.2 Å². The van der Waals surface area contributed by atoms with Gasteiger partial charge in [-0.05, 0) is 50.1 Å². The number of hydrogen-bond donors (Lipinski definition) is 1. The molecule has 0 aliphatic carbocycles. The molecule has 0 saturated heterocycles. The molecule has 5 nitrogen and oxygen atoms in total. The highest BCUT2D eigenvalue weighted by atomic mass is 32.1. The summed E-state index contributed by atoms with van der Waals surface area (Å²) < 4.78 is 11.3. The molecule has 1 amide bonds. The van der Waals surface area contributed by atoms with Crippen LogP contribution in [0.4, 0.5) is 5.00 Å². The first-order valence-electron chi connectivity index (χ1n) is 8.66. The number of carbonyl (C=O) groups is 1. The van der Waals surface area contributed by atoms with E-state index < -0.39 is 0 Å². The molecular formula is C20H22N2O3S. The van der Waals surface area contributed by atoms with Crippen LogP contribution in [0.15, 0.2) is 24.3 Å². The predicted molar refractivity (Wildman–Crippen MR) is 102 cm³/mol. The molecule has 0 saturated carbocycles. The molecule has 1 aromatic carbocycles. The second-order valence-corrected chi connectivity index (χ2v) is 7.98. The van der Waals surface area contributed by atoms with E-state index in [1.165, 1.54) is 11.3 Å². The molecule has 1 N–H and O–H groups in total. The summed E-state index contributed by atoms with van der Waals surface area (Å²) in [7, 11) is 0. The van der Waals surface area contributed by atoms with Crippen LogP contribution in [0, 0.1) is 11.3 Å². The van der Waals surface area contributed by atoms with Crippen molar-refractivity contribution < 1.29 is 14.3 Å². The summed E-state index contributed by atoms with van der Waals surface area (Å²) in [5.41, 5.74) is 1.78. The Morgan fingerprint density at radius 2 is 2.12 bits per heavy atom. The molecule has 0 radical (unpaired) electrons. The largest absolute Gasteiger partial charge is 0.494 e. The number of ether oxygens (including phenoxy) is 2. The molecule has 1 aliphatic rings. The number of rotatable bonds is 5. The zero-order valence-electron chi connectivity index (χ0n) is 15.2. The Morgan fingerprint density at radius 3 is 2.77 bits per heavy atom. The maximum atomic E-state index is 12.6. The average Bonchev–Trinajstić information content (AvgIpc) is 2.95. The van der Waals surface area contributed by atoms with E-state index in [-0.39, 0.29) is 11.5 Å². The van der Waals surface area contributed by atoms with Gasteiger partial charge in [-0.15, -0.1) is 11.3 Å². The van der Waals surface area contributed by atoms with Gasteiger partial charge in [0, 0.05) is 16.9 Å². The smallest absolute Gasteiger partial charge is 0.256 e. The van der Waals surface area contributed by atoms with Crippen LogP contribution in [-0.4, -0.2) is 18.1 Å². The molecule has 0 unspecified atom stereocenters. The zero-order valence-corrected chi connectivity index (χ0v) is 16.0. The summed E-state index contributed by atoms with van der Waals surface area (Å²) >= 11 is 1.42. The van der Waals surface area contributed by atoms with Gasteiger partial charge in [-0.1, -0.05) is 6.92 Å². The SMILES string of the molecule is CCCOc1ccc(C(=O)Nc2sc3c(c2C#N)CC(C)(C)OC3)cc1. The lowest BCUT2D eigenvalue weighted by Gasteiger charge is -2.29. The molecular weight excluding hydrogens is 348 g/mol. The molecule has 2 heterocycles. The fourth-order valence-electron chi connectivity index (χ4n) is 2.86. The molecule has 26 heavy (non-hydrogen) atoms. The minimum Gasteiger partial charge on any atom is -0.494 e. The molecule has 0 atom stereocenters. The van der Waals surface area contributed by atoms with Crippen LogP contribution >= 0.6 is 11.3 Å². The summed E-state index contributed by atoms with van der Waals surface area (Å²) in [4.78, 5) is 13.6. The summed E-state index contributed by atoms with van der Waals surface area (Å²) in [5, 5.41) is 13.1. The van der Waals surface area contributed by atoms with Crippen molar-refractivity contribution in [2.45, 2.75) is 45.8 Å². The van der Waals surface area contributed by atoms with Crippen molar-refractivity contribution in [3.05, 3.63) is 45.8 Å². The highest BCUT2D eigenvalue weighted by Gasteiger charge is 2.31. The third kappa shape index (κ3) is 3.90. The Hall–Kier alpha value is -2.36. The van der Waals surface area contributed by atoms with Gasteiger partial charge in [-0.2, -0.15) is 5.26 Å². The molecule has 1 aromatic heterocycles. The van der Waals surface area contributed by atoms with E-state index in [0.717, 1.165) is 22.6 Å². The van der Waals surface area contributed by atoms with Gasteiger partial charge < -0.3 is 14.8 Å². The number of nitrogens with one attached hydrogen (secondary N) is 1. The van der Waals surface area contributed by atoms with E-state index in [1.54, 1.807) is 24.3 Å². The van der Waals surface area contributed by atoms with Crippen molar-refractivity contribution in [1.29, 1.82) is 5.26 Å². The van der Waals surface area contributed by atoms with Crippen LogP contribution in [0.5, 0.6) is 5.75 Å². The molecule has 0 fully saturated rings. The Bertz CT molecular complexity index is 847. The quantitative estimate of drug-likeness (QED) is 0.840. The first kappa shape index (κ1) is 18.4. The molecule has 136 valence electrons. The van der Waals surface area contributed by atoms with Crippen LogP contribution in [0.1, 0.15) is 53.6 Å². The van der Waals surface area contributed by atoms with Gasteiger partial charge in [0.15, 0.2) is 0 Å². The van der Waals surface area contributed by atoms with Crippen molar-refractivity contribution in [3.8, 4) is 11.8 Å². The lowest BCUT2D eigenvalue weighted by Crippen LogP contribution is -2.31. The summed E-state index contributed by atoms with van der Waals surface area (Å²) in [6.45, 7) is 7.18. The number of benzene rings is 1. The Balaban J connectivity index is 1.78. The topological polar surface area (TPSA) is 71.3 Å². The average molecular weight is 370 g/mol. The number of carbonyl (C=O) groups excluding carboxylic acids is 1. The highest BCUT2D eigenvalue weighted by Crippen LogP contribution is 2.40. The standard InChI is InChI=1S/C20H22N2O3S/c1-4-9-24-14-7-5-13(6-8-14)18(23)22-19-16(11-21)15-10-20(2,3)25-12-17(15)26-19/h5-8H,4,9-10,12H2,1-3H3,(H,22,23). The van der Waals surface area contributed by atoms with Crippen molar-refractivity contribution in [2.24, 2.45) is 0 Å². The van der Waals surface area contributed by atoms with Crippen LogP contribution < -0.4 is 10.1 Å². The second kappa shape index (κ2) is 7.48. The van der Waals surface area contributed by atoms with Crippen molar-refractivity contribution in [3.63, 3.8) is 0 Å². The first-order valence-corrected chi connectivity index (χ1v) is 9.48. The van der Waals surface area contributed by atoms with E-state index in [1.807, 2.05) is 20.8 Å². The number of amides is 1. The van der Waals surface area contributed by atoms with Crippen LogP contribution in [0.2, 0.25) is 0 Å². The maximum absolute atomic E-state index is 12.6. The van der Waals surface area contributed by atoms with Gasteiger partial charge in [-0.25, -0.2) is 0 Å². The number of thiophene rings is 1. The van der Waals surface area contributed by atoms with Gasteiger partial charge in [0.2, 0.25) is 0 Å². The second-order valence-electron chi connectivity index (χ2n) is 6.87. The van der Waals surface area contributed by atoms with Crippen LogP contribution in [-0.2, 0) is 17.8 Å². The van der Waals surface area contributed by atoms with Crippen molar-refractivity contribution in [1.82, 2.24) is 0 Å². The van der Waals surface area contributed by atoms with Crippen LogP contribution in [0.3, 0.4) is 0 Å². The minimum atomic E-state index is -0.296. The number of hydrogen-bond acceptors (Lipinski definition) is 5. The van der Waals surface area contributed by atoms with E-state index in [2.05, 4.69) is 11.4 Å². The lowest BCUT2D eigenvalue weighted by molar-refractivity contribution is -0.0383. The van der Waals surface area contributed by atoms with E-state index in [4.69, 9.17) is 9.47 Å². The summed E-state index contributed by atoms with van der Waals surface area (Å²) in [5.74, 6) is 0.509. The Labute approximate surface area is 157 Å².